The molecule has 3 heteroatoms. The summed E-state index contributed by atoms with van der Waals surface area (Å²) in [6, 6.07) is 12.2. The van der Waals surface area contributed by atoms with Crippen molar-refractivity contribution in [1.82, 2.24) is 4.98 Å². The van der Waals surface area contributed by atoms with Gasteiger partial charge in [0.2, 0.25) is 0 Å². The van der Waals surface area contributed by atoms with Gasteiger partial charge in [0.1, 0.15) is 0 Å². The lowest BCUT2D eigenvalue weighted by atomic mass is 9.78. The van der Waals surface area contributed by atoms with E-state index in [0.717, 1.165) is 6.42 Å². The molecule has 1 heterocycles. The lowest BCUT2D eigenvalue weighted by molar-refractivity contribution is 0.274. The Balaban J connectivity index is 1.66. The standard InChI is InChI=1S/C14H12ClNO/c15-14-13(6-3-7-16-14)17-9-11-8-10-4-1-2-5-12(10)11/h1-7,11H,8-9H2. The number of fused-ring (bicyclic) bond motifs is 1. The van der Waals surface area contributed by atoms with Crippen molar-refractivity contribution in [3.05, 3.63) is 58.9 Å². The highest BCUT2D eigenvalue weighted by Gasteiger charge is 2.25. The van der Waals surface area contributed by atoms with Crippen LogP contribution < -0.4 is 4.74 Å². The van der Waals surface area contributed by atoms with Crippen LogP contribution in [0.25, 0.3) is 0 Å². The molecule has 0 fully saturated rings. The summed E-state index contributed by atoms with van der Waals surface area (Å²) in [5, 5.41) is 0.431. The Morgan fingerprint density at radius 3 is 2.94 bits per heavy atom. The number of nitrogens with zero attached hydrogens (tertiary/aromatic N) is 1. The molecule has 3 rings (SSSR count). The van der Waals surface area contributed by atoms with E-state index in [9.17, 15) is 0 Å². The number of pyridine rings is 1. The van der Waals surface area contributed by atoms with Gasteiger partial charge in [0.05, 0.1) is 6.61 Å². The maximum Gasteiger partial charge on any atom is 0.171 e. The first-order valence-electron chi connectivity index (χ1n) is 5.66. The molecule has 1 aromatic carbocycles. The van der Waals surface area contributed by atoms with E-state index < -0.39 is 0 Å². The highest BCUT2D eigenvalue weighted by molar-refractivity contribution is 6.30. The third kappa shape index (κ3) is 2.01. The first-order valence-corrected chi connectivity index (χ1v) is 6.03. The fraction of sp³-hybridized carbons (Fsp3) is 0.214. The van der Waals surface area contributed by atoms with E-state index in [0.29, 0.717) is 23.4 Å². The molecule has 17 heavy (non-hydrogen) atoms. The largest absolute Gasteiger partial charge is 0.490 e. The average Bonchev–Trinajstić information content (AvgIpc) is 2.32. The fourth-order valence-corrected chi connectivity index (χ4v) is 2.35. The molecule has 0 bridgehead atoms. The van der Waals surface area contributed by atoms with Crippen LogP contribution in [0.3, 0.4) is 0 Å². The second-order valence-electron chi connectivity index (χ2n) is 4.20. The highest BCUT2D eigenvalue weighted by Crippen LogP contribution is 2.35. The van der Waals surface area contributed by atoms with E-state index in [4.69, 9.17) is 16.3 Å². The summed E-state index contributed by atoms with van der Waals surface area (Å²) in [5.41, 5.74) is 2.82. The molecule has 0 N–H and O–H groups in total. The molecule has 0 spiro atoms. The predicted molar refractivity (Wildman–Crippen MR) is 67.6 cm³/mol. The molecule has 1 aliphatic carbocycles. The third-order valence-electron chi connectivity index (χ3n) is 3.13. The van der Waals surface area contributed by atoms with Crippen LogP contribution in [-0.2, 0) is 6.42 Å². The Morgan fingerprint density at radius 1 is 1.24 bits per heavy atom. The average molecular weight is 246 g/mol. The highest BCUT2D eigenvalue weighted by atomic mass is 35.5. The Hall–Kier alpha value is -1.54. The first kappa shape index (κ1) is 10.6. The zero-order valence-corrected chi connectivity index (χ0v) is 10.0. The Labute approximate surface area is 105 Å². The van der Waals surface area contributed by atoms with Crippen molar-refractivity contribution in [2.75, 3.05) is 6.61 Å². The SMILES string of the molecule is Clc1ncccc1OCC1Cc2ccccc21. The second kappa shape index (κ2) is 4.38. The van der Waals surface area contributed by atoms with Gasteiger partial charge < -0.3 is 4.74 Å². The number of rotatable bonds is 3. The minimum atomic E-state index is 0.431. The Morgan fingerprint density at radius 2 is 2.12 bits per heavy atom. The van der Waals surface area contributed by atoms with Crippen LogP contribution in [0.5, 0.6) is 5.75 Å². The quantitative estimate of drug-likeness (QED) is 0.773. The van der Waals surface area contributed by atoms with E-state index in [1.807, 2.05) is 12.1 Å². The topological polar surface area (TPSA) is 22.1 Å². The summed E-state index contributed by atoms with van der Waals surface area (Å²) >= 11 is 5.93. The summed E-state index contributed by atoms with van der Waals surface area (Å²) in [5.74, 6) is 1.15. The molecule has 2 aromatic rings. The van der Waals surface area contributed by atoms with Gasteiger partial charge in [-0.2, -0.15) is 0 Å². The molecule has 0 amide bonds. The van der Waals surface area contributed by atoms with E-state index in [2.05, 4.69) is 29.2 Å². The van der Waals surface area contributed by atoms with Gasteiger partial charge in [-0.3, -0.25) is 0 Å². The van der Waals surface area contributed by atoms with Crippen molar-refractivity contribution in [3.8, 4) is 5.75 Å². The molecule has 1 atom stereocenters. The number of halogens is 1. The van der Waals surface area contributed by atoms with E-state index in [1.54, 1.807) is 6.20 Å². The normalized spacial score (nSPS) is 17.1. The number of aromatic nitrogens is 1. The van der Waals surface area contributed by atoms with Crippen LogP contribution in [0.1, 0.15) is 17.0 Å². The molecule has 2 nitrogen and oxygen atoms in total. The minimum Gasteiger partial charge on any atom is -0.490 e. The van der Waals surface area contributed by atoms with Crippen molar-refractivity contribution in [3.63, 3.8) is 0 Å². The summed E-state index contributed by atoms with van der Waals surface area (Å²) in [7, 11) is 0. The molecule has 0 radical (unpaired) electrons. The zero-order valence-electron chi connectivity index (χ0n) is 9.27. The van der Waals surface area contributed by atoms with Gasteiger partial charge in [-0.05, 0) is 29.7 Å². The number of hydrogen-bond donors (Lipinski definition) is 0. The van der Waals surface area contributed by atoms with Crippen molar-refractivity contribution < 1.29 is 4.74 Å². The van der Waals surface area contributed by atoms with Crippen molar-refractivity contribution >= 4 is 11.6 Å². The molecule has 86 valence electrons. The maximum absolute atomic E-state index is 5.93. The summed E-state index contributed by atoms with van der Waals surface area (Å²) in [4.78, 5) is 3.99. The molecular formula is C14H12ClNO. The lowest BCUT2D eigenvalue weighted by Crippen LogP contribution is -2.23. The molecule has 1 unspecified atom stereocenters. The van der Waals surface area contributed by atoms with Gasteiger partial charge in [-0.1, -0.05) is 35.9 Å². The van der Waals surface area contributed by atoms with Crippen LogP contribution in [0, 0.1) is 0 Å². The van der Waals surface area contributed by atoms with Gasteiger partial charge in [0, 0.05) is 12.1 Å². The predicted octanol–water partition coefficient (Wildman–Crippen LogP) is 3.45. The minimum absolute atomic E-state index is 0.431. The van der Waals surface area contributed by atoms with Crippen LogP contribution >= 0.6 is 11.6 Å². The monoisotopic (exact) mass is 245 g/mol. The summed E-state index contributed by atoms with van der Waals surface area (Å²) < 4.78 is 5.70. The lowest BCUT2D eigenvalue weighted by Gasteiger charge is -2.29. The molecule has 1 aromatic heterocycles. The van der Waals surface area contributed by atoms with Crippen LogP contribution in [0.2, 0.25) is 5.15 Å². The molecule has 1 aliphatic rings. The second-order valence-corrected chi connectivity index (χ2v) is 4.56. The first-order chi connectivity index (χ1) is 8.34. The van der Waals surface area contributed by atoms with Crippen molar-refractivity contribution in [1.29, 1.82) is 0 Å². The molecule has 0 saturated carbocycles. The van der Waals surface area contributed by atoms with Gasteiger partial charge >= 0.3 is 0 Å². The van der Waals surface area contributed by atoms with Crippen LogP contribution in [0.4, 0.5) is 0 Å². The number of hydrogen-bond acceptors (Lipinski definition) is 2. The van der Waals surface area contributed by atoms with Crippen molar-refractivity contribution in [2.45, 2.75) is 12.3 Å². The molecule has 0 saturated heterocycles. The third-order valence-corrected chi connectivity index (χ3v) is 3.41. The Kier molecular flexibility index (Phi) is 2.73. The smallest absolute Gasteiger partial charge is 0.171 e. The van der Waals surface area contributed by atoms with Crippen LogP contribution in [0.15, 0.2) is 42.6 Å². The molecular weight excluding hydrogens is 234 g/mol. The fourth-order valence-electron chi connectivity index (χ4n) is 2.18. The summed E-state index contributed by atoms with van der Waals surface area (Å²) in [6.45, 7) is 0.669. The number of benzene rings is 1. The van der Waals surface area contributed by atoms with Crippen LogP contribution in [-0.4, -0.2) is 11.6 Å². The van der Waals surface area contributed by atoms with E-state index in [-0.39, 0.29) is 0 Å². The van der Waals surface area contributed by atoms with Gasteiger partial charge in [0.25, 0.3) is 0 Å². The van der Waals surface area contributed by atoms with E-state index in [1.165, 1.54) is 11.1 Å². The van der Waals surface area contributed by atoms with Crippen molar-refractivity contribution in [2.24, 2.45) is 0 Å². The zero-order chi connectivity index (χ0) is 11.7. The number of ether oxygens (including phenoxy) is 1. The van der Waals surface area contributed by atoms with E-state index >= 15 is 0 Å². The maximum atomic E-state index is 5.93. The van der Waals surface area contributed by atoms with Gasteiger partial charge in [-0.25, -0.2) is 4.98 Å². The van der Waals surface area contributed by atoms with Gasteiger partial charge in [0.15, 0.2) is 10.9 Å². The summed E-state index contributed by atoms with van der Waals surface area (Å²) in [6.07, 6.45) is 2.75. The van der Waals surface area contributed by atoms with Gasteiger partial charge in [-0.15, -0.1) is 0 Å². The molecule has 0 aliphatic heterocycles. The Bertz CT molecular complexity index is 541.